The number of rotatable bonds is 8. The molecule has 0 aromatic heterocycles. The maximum absolute atomic E-state index is 2.54. The number of nitrogens with zero attached hydrogens (tertiary/aromatic N) is 1. The van der Waals surface area contributed by atoms with E-state index in [9.17, 15) is 0 Å². The molecule has 0 bridgehead atoms. The quantitative estimate of drug-likeness (QED) is 0.137. The minimum atomic E-state index is 0.0163. The van der Waals surface area contributed by atoms with Crippen molar-refractivity contribution in [3.8, 4) is 0 Å². The van der Waals surface area contributed by atoms with Crippen LogP contribution in [0.25, 0.3) is 43.8 Å². The first-order valence-corrected chi connectivity index (χ1v) is 25.6. The van der Waals surface area contributed by atoms with E-state index in [1.807, 2.05) is 0 Å². The van der Waals surface area contributed by atoms with E-state index in [0.717, 1.165) is 38.5 Å². The normalized spacial score (nSPS) is 19.1. The molecule has 0 fully saturated rings. The van der Waals surface area contributed by atoms with E-state index in [1.54, 1.807) is 0 Å². The molecule has 8 aromatic carbocycles. The van der Waals surface area contributed by atoms with Crippen molar-refractivity contribution in [3.05, 3.63) is 285 Å². The molecule has 2 unspecified atom stereocenters. The Bertz CT molecular complexity index is 3710. The minimum Gasteiger partial charge on any atom is -0.314 e. The van der Waals surface area contributed by atoms with Crippen LogP contribution >= 0.6 is 0 Å². The number of anilines is 2. The van der Waals surface area contributed by atoms with Gasteiger partial charge in [0.1, 0.15) is 0 Å². The van der Waals surface area contributed by atoms with E-state index in [0.29, 0.717) is 5.92 Å². The Morgan fingerprint density at radius 1 is 0.514 bits per heavy atom. The molecule has 0 radical (unpaired) electrons. The lowest BCUT2D eigenvalue weighted by Crippen LogP contribution is -2.38. The molecule has 0 heterocycles. The van der Waals surface area contributed by atoms with Gasteiger partial charge >= 0.3 is 0 Å². The van der Waals surface area contributed by atoms with Gasteiger partial charge in [-0.2, -0.15) is 0 Å². The smallest absolute Gasteiger partial charge is 0.0465 e. The average Bonchev–Trinajstić information content (AvgIpc) is 3.66. The van der Waals surface area contributed by atoms with Gasteiger partial charge in [0.2, 0.25) is 0 Å². The van der Waals surface area contributed by atoms with Gasteiger partial charge in [-0.15, -0.1) is 0 Å². The van der Waals surface area contributed by atoms with Crippen LogP contribution in [-0.4, -0.2) is 0 Å². The van der Waals surface area contributed by atoms with Crippen molar-refractivity contribution in [3.63, 3.8) is 0 Å². The molecule has 0 amide bonds. The van der Waals surface area contributed by atoms with Crippen molar-refractivity contribution in [2.75, 3.05) is 4.90 Å². The number of benzene rings is 8. The third-order valence-electron chi connectivity index (χ3n) is 16.2. The first-order valence-electron chi connectivity index (χ1n) is 25.6. The van der Waals surface area contributed by atoms with Crippen molar-refractivity contribution in [2.24, 2.45) is 5.92 Å². The van der Waals surface area contributed by atoms with Crippen molar-refractivity contribution in [1.82, 2.24) is 0 Å². The summed E-state index contributed by atoms with van der Waals surface area (Å²) in [5, 5.41) is 7.95. The van der Waals surface area contributed by atoms with Gasteiger partial charge in [-0.05, 0) is 162 Å². The molecular weight excluding hydrogens is 843 g/mol. The van der Waals surface area contributed by atoms with Crippen LogP contribution in [0.3, 0.4) is 0 Å². The second-order valence-electron chi connectivity index (χ2n) is 20.4. The number of allylic oxidation sites excluding steroid dienone is 12. The molecule has 70 heavy (non-hydrogen) atoms. The summed E-state index contributed by atoms with van der Waals surface area (Å²) in [6, 6.07) is 68.5. The number of hydrogen-bond acceptors (Lipinski definition) is 1. The zero-order valence-electron chi connectivity index (χ0n) is 40.2. The lowest BCUT2D eigenvalue weighted by atomic mass is 9.73. The molecule has 0 aliphatic heterocycles. The fourth-order valence-electron chi connectivity index (χ4n) is 12.9. The zero-order chi connectivity index (χ0) is 46.8. The molecule has 1 nitrogen and oxygen atoms in total. The SMILES string of the molecule is CC1(C)C2=CC(c3ccc(N(C4=CC=C(c5ccccc5)CC4)c4ccc5c6c(c7ccccc7c5c4)=C(c4ccccc4)CC(C4=CCCC=C4)C=6c4ccccc4)cc3)=CCC2c2ccccc21. The van der Waals surface area contributed by atoms with Gasteiger partial charge in [0.25, 0.3) is 0 Å². The molecule has 0 spiro atoms. The Kier molecular flexibility index (Phi) is 10.5. The van der Waals surface area contributed by atoms with Gasteiger partial charge in [-0.1, -0.05) is 214 Å². The third kappa shape index (κ3) is 7.13. The first-order chi connectivity index (χ1) is 34.5. The van der Waals surface area contributed by atoms with Crippen LogP contribution in [0.2, 0.25) is 0 Å². The topological polar surface area (TPSA) is 3.24 Å². The fourth-order valence-corrected chi connectivity index (χ4v) is 12.9. The van der Waals surface area contributed by atoms with Crippen LogP contribution in [0.4, 0.5) is 11.4 Å². The van der Waals surface area contributed by atoms with E-state index in [-0.39, 0.29) is 11.3 Å². The van der Waals surface area contributed by atoms with E-state index in [4.69, 9.17) is 0 Å². The third-order valence-corrected chi connectivity index (χ3v) is 16.2. The average molecular weight is 900 g/mol. The molecule has 13 rings (SSSR count). The van der Waals surface area contributed by atoms with E-state index >= 15 is 0 Å². The Hall–Kier alpha value is -7.74. The van der Waals surface area contributed by atoms with Crippen molar-refractivity contribution < 1.29 is 0 Å². The van der Waals surface area contributed by atoms with Gasteiger partial charge in [-0.3, -0.25) is 0 Å². The Balaban J connectivity index is 1.02. The minimum absolute atomic E-state index is 0.0163. The first kappa shape index (κ1) is 42.4. The molecule has 8 aromatic rings. The second-order valence-corrected chi connectivity index (χ2v) is 20.4. The van der Waals surface area contributed by atoms with Crippen LogP contribution in [0.5, 0.6) is 0 Å². The number of fused-ring (bicyclic) bond motifs is 9. The Morgan fingerprint density at radius 3 is 1.91 bits per heavy atom. The summed E-state index contributed by atoms with van der Waals surface area (Å²) < 4.78 is 0. The van der Waals surface area contributed by atoms with E-state index < -0.39 is 0 Å². The molecule has 5 aliphatic carbocycles. The van der Waals surface area contributed by atoms with Crippen LogP contribution in [-0.2, 0) is 5.41 Å². The fraction of sp³-hybridized carbons (Fsp3) is 0.159. The highest BCUT2D eigenvalue weighted by Crippen LogP contribution is 2.54. The summed E-state index contributed by atoms with van der Waals surface area (Å²) in [7, 11) is 0. The van der Waals surface area contributed by atoms with Gasteiger partial charge in [0.05, 0.1) is 0 Å². The van der Waals surface area contributed by atoms with E-state index in [2.05, 4.69) is 243 Å². The zero-order valence-corrected chi connectivity index (χ0v) is 40.2. The lowest BCUT2D eigenvalue weighted by molar-refractivity contribution is 0.613. The summed E-state index contributed by atoms with van der Waals surface area (Å²) in [6.07, 6.45) is 23.1. The van der Waals surface area contributed by atoms with Crippen molar-refractivity contribution in [2.45, 2.75) is 63.7 Å². The summed E-state index contributed by atoms with van der Waals surface area (Å²) in [6.45, 7) is 4.81. The molecule has 2 atom stereocenters. The van der Waals surface area contributed by atoms with Crippen LogP contribution in [0.15, 0.2) is 241 Å². The standard InChI is InChI=1S/C69H57N/c1-69(2)64-30-18-17-28-57(64)58-41-35-52(43-65(58)69)48-33-38-54(39-34-48)70(53-36-31-47(32-37-53)46-19-7-3-8-20-46)55-40-42-60-63(44-55)56-27-15-16-29-59(56)67-62(50-23-11-5-12-24-50)45-61(49-21-9-4-10-22-49)66(68(60)67)51-25-13-6-14-26-51/h3,5-9,11-31,33-36,38-40,42-44,58,61H,4,10,32,37,41,45H2,1-2H3. The molecule has 0 saturated carbocycles. The summed E-state index contributed by atoms with van der Waals surface area (Å²) in [5.74, 6) is 0.678. The summed E-state index contributed by atoms with van der Waals surface area (Å²) in [4.78, 5) is 2.54. The lowest BCUT2D eigenvalue weighted by Gasteiger charge is -2.32. The highest BCUT2D eigenvalue weighted by Gasteiger charge is 2.42. The Labute approximate surface area is 412 Å². The number of hydrogen-bond donors (Lipinski definition) is 0. The molecular formula is C69H57N. The van der Waals surface area contributed by atoms with Gasteiger partial charge in [-0.25, -0.2) is 0 Å². The molecule has 0 N–H and O–H groups in total. The Morgan fingerprint density at radius 2 is 1.19 bits per heavy atom. The van der Waals surface area contributed by atoms with Crippen LogP contribution in [0, 0.1) is 5.92 Å². The highest BCUT2D eigenvalue weighted by atomic mass is 15.1. The summed E-state index contributed by atoms with van der Waals surface area (Å²) >= 11 is 0. The summed E-state index contributed by atoms with van der Waals surface area (Å²) in [5.41, 5.74) is 20.4. The maximum Gasteiger partial charge on any atom is 0.0465 e. The maximum atomic E-state index is 2.54. The van der Waals surface area contributed by atoms with Crippen LogP contribution in [0.1, 0.15) is 91.7 Å². The monoisotopic (exact) mass is 899 g/mol. The molecule has 1 heteroatoms. The van der Waals surface area contributed by atoms with E-state index in [1.165, 1.54) is 116 Å². The largest absolute Gasteiger partial charge is 0.314 e. The molecule has 338 valence electrons. The predicted molar refractivity (Wildman–Crippen MR) is 296 cm³/mol. The van der Waals surface area contributed by atoms with Gasteiger partial charge in [0, 0.05) is 34.3 Å². The van der Waals surface area contributed by atoms with Crippen LogP contribution < -0.4 is 15.3 Å². The van der Waals surface area contributed by atoms with Crippen molar-refractivity contribution >= 4 is 55.2 Å². The molecule has 5 aliphatic rings. The van der Waals surface area contributed by atoms with Crippen molar-refractivity contribution in [1.29, 1.82) is 0 Å². The predicted octanol–water partition coefficient (Wildman–Crippen LogP) is 16.4. The van der Waals surface area contributed by atoms with Gasteiger partial charge in [0.15, 0.2) is 0 Å². The van der Waals surface area contributed by atoms with Gasteiger partial charge < -0.3 is 4.90 Å². The highest BCUT2D eigenvalue weighted by molar-refractivity contribution is 6.11. The molecule has 0 saturated heterocycles. The second kappa shape index (κ2) is 17.3.